The van der Waals surface area contributed by atoms with Crippen LogP contribution in [-0.4, -0.2) is 5.78 Å². The van der Waals surface area contributed by atoms with Crippen molar-refractivity contribution in [3.8, 4) is 0 Å². The minimum atomic E-state index is -0.147. The monoisotopic (exact) mass is 334 g/mol. The Balaban J connectivity index is 0. The maximum atomic E-state index is 11.6. The summed E-state index contributed by atoms with van der Waals surface area (Å²) in [6.07, 6.45) is 5.43. The van der Waals surface area contributed by atoms with Crippen LogP contribution in [0.3, 0.4) is 0 Å². The van der Waals surface area contributed by atoms with E-state index in [0.29, 0.717) is 11.7 Å². The van der Waals surface area contributed by atoms with E-state index in [4.69, 9.17) is 0 Å². The van der Waals surface area contributed by atoms with Crippen molar-refractivity contribution >= 4 is 5.78 Å². The highest BCUT2D eigenvalue weighted by molar-refractivity contribution is 5.83. The highest BCUT2D eigenvalue weighted by Gasteiger charge is 2.20. The van der Waals surface area contributed by atoms with Crippen LogP contribution in [-0.2, 0) is 11.2 Å². The van der Waals surface area contributed by atoms with Crippen LogP contribution < -0.4 is 0 Å². The fourth-order valence-corrected chi connectivity index (χ4v) is 2.32. The van der Waals surface area contributed by atoms with Gasteiger partial charge in [-0.1, -0.05) is 98.1 Å². The summed E-state index contributed by atoms with van der Waals surface area (Å²) in [5.74, 6) is 1.10. The predicted molar refractivity (Wildman–Crippen MR) is 110 cm³/mol. The van der Waals surface area contributed by atoms with Gasteiger partial charge in [0.1, 0.15) is 5.78 Å². The molecule has 1 aromatic carbocycles. The van der Waals surface area contributed by atoms with Gasteiger partial charge in [0.25, 0.3) is 0 Å². The average Bonchev–Trinajstić information content (AvgIpc) is 2.54. The molecule has 1 unspecified atom stereocenters. The second-order valence-electron chi connectivity index (χ2n) is 7.45. The second-order valence-corrected chi connectivity index (χ2v) is 7.45. The van der Waals surface area contributed by atoms with Crippen molar-refractivity contribution in [2.75, 3.05) is 0 Å². The summed E-state index contributed by atoms with van der Waals surface area (Å²) in [7, 11) is 0. The summed E-state index contributed by atoms with van der Waals surface area (Å²) in [4.78, 5) is 11.6. The molecular formula is C23H42O. The number of hydrogen-bond donors (Lipinski definition) is 0. The molecule has 0 N–H and O–H groups in total. The van der Waals surface area contributed by atoms with Crippen LogP contribution in [0.5, 0.6) is 0 Å². The summed E-state index contributed by atoms with van der Waals surface area (Å²) in [6.45, 7) is 18.7. The normalized spacial score (nSPS) is 11.5. The molecule has 0 saturated heterocycles. The molecule has 1 aromatic rings. The number of ketones is 1. The highest BCUT2D eigenvalue weighted by Crippen LogP contribution is 2.21. The van der Waals surface area contributed by atoms with E-state index in [1.807, 2.05) is 34.6 Å². The average molecular weight is 335 g/mol. The number of Topliss-reactive ketones (excluding diaryl/α,β-unsaturated/α-hetero) is 1. The molecule has 1 rings (SSSR count). The molecule has 0 aliphatic rings. The van der Waals surface area contributed by atoms with E-state index in [-0.39, 0.29) is 5.41 Å². The first-order valence-electron chi connectivity index (χ1n) is 9.79. The molecule has 0 amide bonds. The van der Waals surface area contributed by atoms with E-state index in [1.165, 1.54) is 24.0 Å². The van der Waals surface area contributed by atoms with Gasteiger partial charge in [0.15, 0.2) is 0 Å². The number of rotatable bonds is 6. The van der Waals surface area contributed by atoms with Crippen LogP contribution in [0.1, 0.15) is 92.2 Å². The van der Waals surface area contributed by atoms with Gasteiger partial charge >= 0.3 is 0 Å². The first-order chi connectivity index (χ1) is 11.2. The second kappa shape index (κ2) is 14.3. The lowest BCUT2D eigenvalue weighted by Crippen LogP contribution is -2.20. The van der Waals surface area contributed by atoms with Gasteiger partial charge in [-0.2, -0.15) is 0 Å². The van der Waals surface area contributed by atoms with Gasteiger partial charge in [-0.05, 0) is 31.2 Å². The molecule has 1 heteroatoms. The largest absolute Gasteiger partial charge is 0.299 e. The summed E-state index contributed by atoms with van der Waals surface area (Å²) in [6, 6.07) is 8.61. The van der Waals surface area contributed by atoms with Crippen LogP contribution in [0.2, 0.25) is 0 Å². The first-order valence-corrected chi connectivity index (χ1v) is 9.79. The van der Waals surface area contributed by atoms with Gasteiger partial charge in [0.2, 0.25) is 0 Å². The van der Waals surface area contributed by atoms with Gasteiger partial charge in [-0.15, -0.1) is 0 Å². The van der Waals surface area contributed by atoms with E-state index in [9.17, 15) is 4.79 Å². The van der Waals surface area contributed by atoms with E-state index in [1.54, 1.807) is 0 Å². The molecule has 0 fully saturated rings. The standard InChI is InChI=1S/C12H24O.C9H12.C2H6/c1-6-7-10(2)8-9-11(13)12(3,4)5;1-3-9-6-4-5-8(2)7-9;1-2/h10H,6-9H2,1-5H3;4-7H,3H2,1-2H3;1-2H3. The van der Waals surface area contributed by atoms with E-state index < -0.39 is 0 Å². The third kappa shape index (κ3) is 13.3. The lowest BCUT2D eigenvalue weighted by molar-refractivity contribution is -0.126. The summed E-state index contributed by atoms with van der Waals surface area (Å²) >= 11 is 0. The quantitative estimate of drug-likeness (QED) is 0.529. The fourth-order valence-electron chi connectivity index (χ4n) is 2.32. The lowest BCUT2D eigenvalue weighted by Gasteiger charge is -2.17. The number of benzene rings is 1. The molecule has 0 aliphatic heterocycles. The molecule has 0 spiro atoms. The molecule has 0 bridgehead atoms. The van der Waals surface area contributed by atoms with Crippen molar-refractivity contribution in [2.45, 2.75) is 94.4 Å². The molecule has 140 valence electrons. The number of aryl methyl sites for hydroxylation is 2. The Kier molecular flexibility index (Phi) is 14.9. The SMILES string of the molecule is CC.CCCC(C)CCC(=O)C(C)(C)C.CCc1cccc(C)c1. The molecule has 0 aliphatic carbocycles. The van der Waals surface area contributed by atoms with Gasteiger partial charge in [0.05, 0.1) is 0 Å². The third-order valence-electron chi connectivity index (χ3n) is 3.97. The predicted octanol–water partition coefficient (Wildman–Crippen LogP) is 7.40. The van der Waals surface area contributed by atoms with Crippen molar-refractivity contribution in [1.82, 2.24) is 0 Å². The van der Waals surface area contributed by atoms with E-state index >= 15 is 0 Å². The van der Waals surface area contributed by atoms with Crippen LogP contribution >= 0.6 is 0 Å². The zero-order chi connectivity index (χ0) is 19.2. The third-order valence-corrected chi connectivity index (χ3v) is 3.97. The molecule has 0 radical (unpaired) electrons. The molecule has 24 heavy (non-hydrogen) atoms. The van der Waals surface area contributed by atoms with Crippen molar-refractivity contribution in [1.29, 1.82) is 0 Å². The van der Waals surface area contributed by atoms with Crippen molar-refractivity contribution in [2.24, 2.45) is 11.3 Å². The van der Waals surface area contributed by atoms with Crippen molar-refractivity contribution < 1.29 is 4.79 Å². The van der Waals surface area contributed by atoms with Gasteiger partial charge in [0, 0.05) is 11.8 Å². The van der Waals surface area contributed by atoms with E-state index in [0.717, 1.165) is 19.3 Å². The van der Waals surface area contributed by atoms with Crippen LogP contribution in [0.15, 0.2) is 24.3 Å². The lowest BCUT2D eigenvalue weighted by atomic mass is 9.86. The summed E-state index contributed by atoms with van der Waals surface area (Å²) < 4.78 is 0. The van der Waals surface area contributed by atoms with Crippen molar-refractivity contribution in [3.05, 3.63) is 35.4 Å². The zero-order valence-corrected chi connectivity index (χ0v) is 17.8. The topological polar surface area (TPSA) is 17.1 Å². The minimum Gasteiger partial charge on any atom is -0.299 e. The van der Waals surface area contributed by atoms with Crippen molar-refractivity contribution in [3.63, 3.8) is 0 Å². The molecule has 1 atom stereocenters. The Morgan fingerprint density at radius 3 is 2.04 bits per heavy atom. The van der Waals surface area contributed by atoms with Gasteiger partial charge in [-0.3, -0.25) is 4.79 Å². The maximum absolute atomic E-state index is 11.6. The minimum absolute atomic E-state index is 0.147. The zero-order valence-electron chi connectivity index (χ0n) is 17.8. The number of carbonyl (C=O) groups is 1. The Bertz CT molecular complexity index is 426. The molecule has 1 nitrogen and oxygen atoms in total. The highest BCUT2D eigenvalue weighted by atomic mass is 16.1. The Morgan fingerprint density at radius 2 is 1.67 bits per heavy atom. The molecule has 0 heterocycles. The Hall–Kier alpha value is -1.11. The summed E-state index contributed by atoms with van der Waals surface area (Å²) in [5.41, 5.74) is 2.63. The van der Waals surface area contributed by atoms with Crippen LogP contribution in [0, 0.1) is 18.3 Å². The first kappa shape index (κ1) is 25.1. The van der Waals surface area contributed by atoms with Gasteiger partial charge < -0.3 is 0 Å². The number of carbonyl (C=O) groups excluding carboxylic acids is 1. The number of hydrogen-bond acceptors (Lipinski definition) is 1. The molecule has 0 saturated carbocycles. The molecule has 0 aromatic heterocycles. The van der Waals surface area contributed by atoms with Crippen LogP contribution in [0.25, 0.3) is 0 Å². The molecular weight excluding hydrogens is 292 g/mol. The maximum Gasteiger partial charge on any atom is 0.138 e. The Morgan fingerprint density at radius 1 is 1.08 bits per heavy atom. The van der Waals surface area contributed by atoms with Gasteiger partial charge in [-0.25, -0.2) is 0 Å². The summed E-state index contributed by atoms with van der Waals surface area (Å²) in [5, 5.41) is 0. The smallest absolute Gasteiger partial charge is 0.138 e. The Labute approximate surface area is 152 Å². The fraction of sp³-hybridized carbons (Fsp3) is 0.696. The van der Waals surface area contributed by atoms with Crippen LogP contribution in [0.4, 0.5) is 0 Å². The van der Waals surface area contributed by atoms with E-state index in [2.05, 4.69) is 52.0 Å².